The predicted octanol–water partition coefficient (Wildman–Crippen LogP) is 2.23. The third kappa shape index (κ3) is 8.16. The number of rotatable bonds is 8. The molecule has 0 fully saturated rings. The Bertz CT molecular complexity index is 490. The molecular formula is C14H22F2IN3O3. The number of benzene rings is 1. The van der Waals surface area contributed by atoms with E-state index >= 15 is 0 Å². The zero-order valence-corrected chi connectivity index (χ0v) is 15.6. The molecule has 23 heavy (non-hydrogen) atoms. The second-order valence-electron chi connectivity index (χ2n) is 4.21. The third-order valence-electron chi connectivity index (χ3n) is 2.73. The van der Waals surface area contributed by atoms with Crippen molar-refractivity contribution >= 4 is 29.9 Å². The second kappa shape index (κ2) is 12.1. The van der Waals surface area contributed by atoms with E-state index in [4.69, 9.17) is 9.47 Å². The van der Waals surface area contributed by atoms with Crippen molar-refractivity contribution < 1.29 is 23.0 Å². The van der Waals surface area contributed by atoms with Crippen LogP contribution in [-0.4, -0.2) is 47.0 Å². The highest BCUT2D eigenvalue weighted by atomic mass is 127. The molecule has 132 valence electrons. The van der Waals surface area contributed by atoms with Crippen LogP contribution in [0.25, 0.3) is 0 Å². The van der Waals surface area contributed by atoms with Crippen molar-refractivity contribution in [2.24, 2.45) is 4.99 Å². The molecule has 6 nitrogen and oxygen atoms in total. The number of guanidine groups is 1. The first kappa shape index (κ1) is 21.6. The molecule has 0 heterocycles. The molecule has 0 radical (unpaired) electrons. The Labute approximate surface area is 151 Å². The Morgan fingerprint density at radius 3 is 2.52 bits per heavy atom. The van der Waals surface area contributed by atoms with Gasteiger partial charge < -0.3 is 24.8 Å². The smallest absolute Gasteiger partial charge is 0.387 e. The maximum Gasteiger partial charge on any atom is 0.387 e. The largest absolute Gasteiger partial charge is 0.493 e. The van der Waals surface area contributed by atoms with E-state index in [1.54, 1.807) is 26.3 Å². The summed E-state index contributed by atoms with van der Waals surface area (Å²) in [5.74, 6) is 0.843. The maximum absolute atomic E-state index is 12.4. The molecule has 0 amide bonds. The summed E-state index contributed by atoms with van der Waals surface area (Å²) in [5, 5.41) is 6.11. The van der Waals surface area contributed by atoms with Gasteiger partial charge >= 0.3 is 6.61 Å². The Kier molecular flexibility index (Phi) is 11.4. The topological polar surface area (TPSA) is 64.1 Å². The van der Waals surface area contributed by atoms with Crippen LogP contribution in [0.2, 0.25) is 0 Å². The van der Waals surface area contributed by atoms with Crippen molar-refractivity contribution in [3.05, 3.63) is 23.8 Å². The molecule has 0 atom stereocenters. The number of aliphatic imine (C=N–C) groups is 1. The molecule has 0 aliphatic carbocycles. The minimum Gasteiger partial charge on any atom is -0.493 e. The number of hydrogen-bond donors (Lipinski definition) is 2. The predicted molar refractivity (Wildman–Crippen MR) is 95.1 cm³/mol. The molecule has 2 N–H and O–H groups in total. The van der Waals surface area contributed by atoms with Crippen molar-refractivity contribution in [2.75, 3.05) is 34.4 Å². The highest BCUT2D eigenvalue weighted by molar-refractivity contribution is 14.0. The summed E-state index contributed by atoms with van der Waals surface area (Å²) in [6.45, 7) is -1.34. The van der Waals surface area contributed by atoms with Gasteiger partial charge in [0.15, 0.2) is 17.5 Å². The minimum atomic E-state index is -2.90. The van der Waals surface area contributed by atoms with Crippen LogP contribution >= 0.6 is 24.0 Å². The van der Waals surface area contributed by atoms with Crippen LogP contribution in [-0.2, 0) is 11.3 Å². The van der Waals surface area contributed by atoms with Gasteiger partial charge in [0, 0.05) is 27.2 Å². The molecule has 0 aliphatic heterocycles. The molecule has 1 aromatic rings. The first-order valence-corrected chi connectivity index (χ1v) is 6.66. The highest BCUT2D eigenvalue weighted by Gasteiger charge is 2.11. The molecule has 0 bridgehead atoms. The Balaban J connectivity index is 0.00000484. The normalized spacial score (nSPS) is 11.0. The number of nitrogens with zero attached hydrogens (tertiary/aromatic N) is 1. The standard InChI is InChI=1S/C14H21F2N3O3.HI/c1-17-14(18-6-7-20-2)19-9-10-4-5-11(21-3)12(8-10)22-13(15)16;/h4-5,8,13H,6-7,9H2,1-3H3,(H2,17,18,19);1H. The molecule has 9 heteroatoms. The van der Waals surface area contributed by atoms with E-state index in [0.29, 0.717) is 25.7 Å². The molecule has 1 aromatic carbocycles. The number of methoxy groups -OCH3 is 2. The van der Waals surface area contributed by atoms with Gasteiger partial charge in [0.05, 0.1) is 13.7 Å². The first-order valence-electron chi connectivity index (χ1n) is 6.66. The quantitative estimate of drug-likeness (QED) is 0.278. The summed E-state index contributed by atoms with van der Waals surface area (Å²) in [7, 11) is 4.65. The Morgan fingerprint density at radius 1 is 1.22 bits per heavy atom. The van der Waals surface area contributed by atoms with E-state index in [2.05, 4.69) is 20.4 Å². The SMILES string of the molecule is CN=C(NCCOC)NCc1ccc(OC)c(OC(F)F)c1.I. The van der Waals surface area contributed by atoms with Gasteiger partial charge in [-0.2, -0.15) is 8.78 Å². The van der Waals surface area contributed by atoms with Gasteiger partial charge in [-0.05, 0) is 17.7 Å². The van der Waals surface area contributed by atoms with Gasteiger partial charge in [-0.25, -0.2) is 0 Å². The average molecular weight is 445 g/mol. The number of alkyl halides is 2. The van der Waals surface area contributed by atoms with Crippen molar-refractivity contribution in [2.45, 2.75) is 13.2 Å². The lowest BCUT2D eigenvalue weighted by atomic mass is 10.2. The summed E-state index contributed by atoms with van der Waals surface area (Å²) in [6, 6.07) is 4.84. The van der Waals surface area contributed by atoms with Gasteiger partial charge in [0.25, 0.3) is 0 Å². The van der Waals surface area contributed by atoms with Crippen LogP contribution in [0.4, 0.5) is 8.78 Å². The summed E-state index contributed by atoms with van der Waals surface area (Å²) in [4.78, 5) is 4.04. The molecule has 0 saturated heterocycles. The minimum absolute atomic E-state index is 0. The monoisotopic (exact) mass is 445 g/mol. The zero-order chi connectivity index (χ0) is 16.4. The molecular weight excluding hydrogens is 423 g/mol. The molecule has 0 saturated carbocycles. The van der Waals surface area contributed by atoms with Crippen molar-refractivity contribution in [1.82, 2.24) is 10.6 Å². The Hall–Kier alpha value is -1.36. The summed E-state index contributed by atoms with van der Waals surface area (Å²) in [5.41, 5.74) is 0.756. The van der Waals surface area contributed by atoms with Gasteiger partial charge in [-0.1, -0.05) is 6.07 Å². The summed E-state index contributed by atoms with van der Waals surface area (Å²) in [6.07, 6.45) is 0. The fraction of sp³-hybridized carbons (Fsp3) is 0.500. The lowest BCUT2D eigenvalue weighted by Gasteiger charge is -2.14. The van der Waals surface area contributed by atoms with Gasteiger partial charge in [0.2, 0.25) is 0 Å². The Morgan fingerprint density at radius 2 is 1.96 bits per heavy atom. The molecule has 0 spiro atoms. The highest BCUT2D eigenvalue weighted by Crippen LogP contribution is 2.29. The average Bonchev–Trinajstić information content (AvgIpc) is 2.50. The van der Waals surface area contributed by atoms with Crippen LogP contribution in [0.1, 0.15) is 5.56 Å². The van der Waals surface area contributed by atoms with E-state index < -0.39 is 6.61 Å². The van der Waals surface area contributed by atoms with E-state index in [1.165, 1.54) is 13.2 Å². The van der Waals surface area contributed by atoms with E-state index in [0.717, 1.165) is 5.56 Å². The number of nitrogens with one attached hydrogen (secondary N) is 2. The molecule has 0 unspecified atom stereocenters. The van der Waals surface area contributed by atoms with E-state index in [1.807, 2.05) is 0 Å². The fourth-order valence-electron chi connectivity index (χ4n) is 1.70. The molecule has 1 rings (SSSR count). The van der Waals surface area contributed by atoms with Gasteiger partial charge in [-0.3, -0.25) is 4.99 Å². The van der Waals surface area contributed by atoms with E-state index in [-0.39, 0.29) is 35.5 Å². The lowest BCUT2D eigenvalue weighted by molar-refractivity contribution is -0.0512. The summed E-state index contributed by atoms with van der Waals surface area (Å²) < 4.78 is 39.1. The number of halogens is 3. The second-order valence-corrected chi connectivity index (χ2v) is 4.21. The number of ether oxygens (including phenoxy) is 3. The zero-order valence-electron chi connectivity index (χ0n) is 13.3. The molecule has 0 aromatic heterocycles. The van der Waals surface area contributed by atoms with Crippen molar-refractivity contribution in [3.8, 4) is 11.5 Å². The van der Waals surface area contributed by atoms with Gasteiger partial charge in [0.1, 0.15) is 0 Å². The first-order chi connectivity index (χ1) is 10.6. The molecule has 0 aliphatic rings. The maximum atomic E-state index is 12.4. The van der Waals surface area contributed by atoms with Crippen LogP contribution in [0, 0.1) is 0 Å². The van der Waals surface area contributed by atoms with E-state index in [9.17, 15) is 8.78 Å². The fourth-order valence-corrected chi connectivity index (χ4v) is 1.70. The number of hydrogen-bond acceptors (Lipinski definition) is 4. The van der Waals surface area contributed by atoms with Crippen molar-refractivity contribution in [1.29, 1.82) is 0 Å². The van der Waals surface area contributed by atoms with Gasteiger partial charge in [-0.15, -0.1) is 24.0 Å². The van der Waals surface area contributed by atoms with Crippen LogP contribution < -0.4 is 20.1 Å². The van der Waals surface area contributed by atoms with Crippen molar-refractivity contribution in [3.63, 3.8) is 0 Å². The lowest BCUT2D eigenvalue weighted by Crippen LogP contribution is -2.38. The third-order valence-corrected chi connectivity index (χ3v) is 2.73. The van der Waals surface area contributed by atoms with Crippen LogP contribution in [0.3, 0.4) is 0 Å². The van der Waals surface area contributed by atoms with Crippen LogP contribution in [0.15, 0.2) is 23.2 Å². The van der Waals surface area contributed by atoms with Crippen LogP contribution in [0.5, 0.6) is 11.5 Å². The summed E-state index contributed by atoms with van der Waals surface area (Å²) >= 11 is 0.